The smallest absolute Gasteiger partial charge is 0.421 e. The molecule has 0 aliphatic heterocycles. The van der Waals surface area contributed by atoms with Gasteiger partial charge in [0.2, 0.25) is 0 Å². The van der Waals surface area contributed by atoms with Crippen molar-refractivity contribution in [2.45, 2.75) is 13.1 Å². The van der Waals surface area contributed by atoms with Crippen molar-refractivity contribution in [1.29, 1.82) is 0 Å². The molecular formula is C13H10F3NO. The van der Waals surface area contributed by atoms with Gasteiger partial charge < -0.3 is 4.74 Å². The van der Waals surface area contributed by atoms with Gasteiger partial charge in [-0.2, -0.15) is 13.2 Å². The molecule has 18 heavy (non-hydrogen) atoms. The van der Waals surface area contributed by atoms with Crippen molar-refractivity contribution in [1.82, 2.24) is 4.98 Å². The van der Waals surface area contributed by atoms with Gasteiger partial charge in [0.15, 0.2) is 0 Å². The maximum Gasteiger partial charge on any atom is 0.421 e. The molecule has 2 nitrogen and oxygen atoms in total. The Labute approximate surface area is 102 Å². The van der Waals surface area contributed by atoms with Crippen LogP contribution >= 0.6 is 0 Å². The van der Waals surface area contributed by atoms with Crippen molar-refractivity contribution in [3.05, 3.63) is 53.9 Å². The van der Waals surface area contributed by atoms with Crippen LogP contribution in [0.4, 0.5) is 13.2 Å². The fourth-order valence-electron chi connectivity index (χ4n) is 1.49. The maximum atomic E-state index is 12.7. The van der Waals surface area contributed by atoms with Crippen molar-refractivity contribution in [2.24, 2.45) is 0 Å². The highest BCUT2D eigenvalue weighted by molar-refractivity contribution is 5.38. The van der Waals surface area contributed by atoms with Crippen LogP contribution in [0.5, 0.6) is 11.5 Å². The lowest BCUT2D eigenvalue weighted by atomic mass is 10.2. The first-order valence-electron chi connectivity index (χ1n) is 5.22. The zero-order chi connectivity index (χ0) is 13.2. The summed E-state index contributed by atoms with van der Waals surface area (Å²) in [4.78, 5) is 3.47. The monoisotopic (exact) mass is 253 g/mol. The molecule has 2 rings (SSSR count). The summed E-state index contributed by atoms with van der Waals surface area (Å²) < 4.78 is 43.4. The van der Waals surface area contributed by atoms with Crippen molar-refractivity contribution in [3.8, 4) is 11.5 Å². The minimum atomic E-state index is -4.48. The van der Waals surface area contributed by atoms with E-state index in [1.165, 1.54) is 12.3 Å². The van der Waals surface area contributed by atoms with E-state index < -0.39 is 11.7 Å². The summed E-state index contributed by atoms with van der Waals surface area (Å²) in [7, 11) is 0. The van der Waals surface area contributed by atoms with Gasteiger partial charge in [0.25, 0.3) is 0 Å². The van der Waals surface area contributed by atoms with Crippen LogP contribution in [-0.2, 0) is 6.18 Å². The Kier molecular flexibility index (Phi) is 3.23. The molecule has 0 aliphatic carbocycles. The van der Waals surface area contributed by atoms with Crippen LogP contribution in [0.15, 0.2) is 42.7 Å². The van der Waals surface area contributed by atoms with E-state index in [1.54, 1.807) is 18.2 Å². The number of pyridine rings is 1. The molecule has 1 heterocycles. The second-order valence-corrected chi connectivity index (χ2v) is 3.79. The van der Waals surface area contributed by atoms with Crippen LogP contribution < -0.4 is 4.74 Å². The summed E-state index contributed by atoms with van der Waals surface area (Å²) in [5.74, 6) is 0.120. The van der Waals surface area contributed by atoms with E-state index in [9.17, 15) is 13.2 Å². The van der Waals surface area contributed by atoms with E-state index in [2.05, 4.69) is 4.98 Å². The van der Waals surface area contributed by atoms with E-state index in [0.717, 1.165) is 11.8 Å². The number of aromatic nitrogens is 1. The number of hydrogen-bond acceptors (Lipinski definition) is 2. The zero-order valence-corrected chi connectivity index (χ0v) is 9.53. The van der Waals surface area contributed by atoms with Gasteiger partial charge >= 0.3 is 6.18 Å². The van der Waals surface area contributed by atoms with E-state index in [0.29, 0.717) is 5.75 Å². The normalized spacial score (nSPS) is 11.3. The highest BCUT2D eigenvalue weighted by Gasteiger charge is 2.34. The number of nitrogens with zero attached hydrogens (tertiary/aromatic N) is 1. The van der Waals surface area contributed by atoms with Crippen molar-refractivity contribution < 1.29 is 17.9 Å². The van der Waals surface area contributed by atoms with Gasteiger partial charge in [-0.25, -0.2) is 0 Å². The van der Waals surface area contributed by atoms with Crippen molar-refractivity contribution >= 4 is 0 Å². The summed E-state index contributed by atoms with van der Waals surface area (Å²) in [6.45, 7) is 1.84. The molecule has 2 aromatic rings. The molecule has 0 amide bonds. The molecule has 5 heteroatoms. The minimum Gasteiger partial charge on any atom is -0.457 e. The molecular weight excluding hydrogens is 243 g/mol. The fourth-order valence-corrected chi connectivity index (χ4v) is 1.49. The lowest BCUT2D eigenvalue weighted by Gasteiger charge is -2.13. The van der Waals surface area contributed by atoms with Gasteiger partial charge in [0, 0.05) is 12.4 Å². The highest BCUT2D eigenvalue weighted by atomic mass is 19.4. The SMILES string of the molecule is Cc1cccc(Oc2ccncc2C(F)(F)F)c1. The predicted octanol–water partition coefficient (Wildman–Crippen LogP) is 4.20. The van der Waals surface area contributed by atoms with Gasteiger partial charge in [0.1, 0.15) is 17.1 Å². The third-order valence-corrected chi connectivity index (χ3v) is 2.30. The molecule has 1 aromatic heterocycles. The third-order valence-electron chi connectivity index (χ3n) is 2.30. The molecule has 0 atom stereocenters. The van der Waals surface area contributed by atoms with Gasteiger partial charge in [-0.15, -0.1) is 0 Å². The topological polar surface area (TPSA) is 22.1 Å². The first kappa shape index (κ1) is 12.4. The minimum absolute atomic E-state index is 0.247. The first-order chi connectivity index (χ1) is 8.47. The summed E-state index contributed by atoms with van der Waals surface area (Å²) in [5.41, 5.74) is 0.0293. The van der Waals surface area contributed by atoms with Crippen molar-refractivity contribution in [3.63, 3.8) is 0 Å². The average Bonchev–Trinajstić information content (AvgIpc) is 2.28. The molecule has 0 unspecified atom stereocenters. The Balaban J connectivity index is 2.35. The zero-order valence-electron chi connectivity index (χ0n) is 9.53. The van der Waals surface area contributed by atoms with E-state index in [4.69, 9.17) is 4.74 Å². The van der Waals surface area contributed by atoms with Crippen LogP contribution in [0.1, 0.15) is 11.1 Å². The van der Waals surface area contributed by atoms with Gasteiger partial charge in [-0.05, 0) is 30.7 Å². The van der Waals surface area contributed by atoms with Crippen LogP contribution in [0.25, 0.3) is 0 Å². The second-order valence-electron chi connectivity index (χ2n) is 3.79. The molecule has 94 valence electrons. The molecule has 1 aromatic carbocycles. The standard InChI is InChI=1S/C13H10F3NO/c1-9-3-2-4-10(7-9)18-12-5-6-17-8-11(12)13(14,15)16/h2-8H,1H3. The van der Waals surface area contributed by atoms with Crippen LogP contribution in [0, 0.1) is 6.92 Å². The molecule has 0 N–H and O–H groups in total. The summed E-state index contributed by atoms with van der Waals surface area (Å²) in [5, 5.41) is 0. The summed E-state index contributed by atoms with van der Waals surface area (Å²) in [6.07, 6.45) is -2.46. The third kappa shape index (κ3) is 2.80. The quantitative estimate of drug-likeness (QED) is 0.800. The molecule has 0 aliphatic rings. The number of aryl methyl sites for hydroxylation is 1. The molecule has 0 saturated carbocycles. The molecule has 0 bridgehead atoms. The Morgan fingerprint density at radius 3 is 2.61 bits per heavy atom. The van der Waals surface area contributed by atoms with E-state index in [1.807, 2.05) is 13.0 Å². The lowest BCUT2D eigenvalue weighted by Crippen LogP contribution is -2.07. The van der Waals surface area contributed by atoms with Crippen LogP contribution in [0.2, 0.25) is 0 Å². The largest absolute Gasteiger partial charge is 0.457 e. The van der Waals surface area contributed by atoms with Gasteiger partial charge in [-0.3, -0.25) is 4.98 Å². The predicted molar refractivity (Wildman–Crippen MR) is 60.5 cm³/mol. The van der Waals surface area contributed by atoms with Crippen molar-refractivity contribution in [2.75, 3.05) is 0 Å². The Bertz CT molecular complexity index is 552. The first-order valence-corrected chi connectivity index (χ1v) is 5.22. The summed E-state index contributed by atoms with van der Waals surface area (Å²) in [6, 6.07) is 8.03. The van der Waals surface area contributed by atoms with Gasteiger partial charge in [-0.1, -0.05) is 12.1 Å². The number of halogens is 3. The van der Waals surface area contributed by atoms with Crippen LogP contribution in [0.3, 0.4) is 0 Å². The molecule has 0 saturated heterocycles. The Hall–Kier alpha value is -2.04. The second kappa shape index (κ2) is 4.68. The van der Waals surface area contributed by atoms with Gasteiger partial charge in [0.05, 0.1) is 0 Å². The van der Waals surface area contributed by atoms with Crippen LogP contribution in [-0.4, -0.2) is 4.98 Å². The molecule has 0 radical (unpaired) electrons. The number of benzene rings is 1. The number of ether oxygens (including phenoxy) is 1. The lowest BCUT2D eigenvalue weighted by molar-refractivity contribution is -0.138. The Morgan fingerprint density at radius 1 is 1.17 bits per heavy atom. The number of alkyl halides is 3. The maximum absolute atomic E-state index is 12.7. The van der Waals surface area contributed by atoms with E-state index >= 15 is 0 Å². The Morgan fingerprint density at radius 2 is 1.94 bits per heavy atom. The number of rotatable bonds is 2. The molecule has 0 spiro atoms. The van der Waals surface area contributed by atoms with E-state index in [-0.39, 0.29) is 5.75 Å². The summed E-state index contributed by atoms with van der Waals surface area (Å²) >= 11 is 0. The molecule has 0 fully saturated rings. The average molecular weight is 253 g/mol. The highest BCUT2D eigenvalue weighted by Crippen LogP contribution is 2.37. The fraction of sp³-hybridized carbons (Fsp3) is 0.154. The number of hydrogen-bond donors (Lipinski definition) is 0.